The highest BCUT2D eigenvalue weighted by atomic mass is 32.2. The van der Waals surface area contributed by atoms with Gasteiger partial charge >= 0.3 is 0 Å². The fourth-order valence-corrected chi connectivity index (χ4v) is 2.08. The average Bonchev–Trinajstić information content (AvgIpc) is 2.29. The molecule has 1 rings (SSSR count). The van der Waals surface area contributed by atoms with Gasteiger partial charge in [0, 0.05) is 0 Å². The van der Waals surface area contributed by atoms with E-state index in [0.29, 0.717) is 0 Å². The normalized spacial score (nSPS) is 10.5. The van der Waals surface area contributed by atoms with Crippen molar-refractivity contribution in [2.75, 3.05) is 24.6 Å². The Hall–Kier alpha value is -0.470. The molecule has 0 unspecified atom stereocenters. The van der Waals surface area contributed by atoms with Crippen molar-refractivity contribution in [1.29, 1.82) is 0 Å². The summed E-state index contributed by atoms with van der Waals surface area (Å²) in [5, 5.41) is 3.48. The number of hydrogen-bond acceptors (Lipinski definition) is 2. The second-order valence-electron chi connectivity index (χ2n) is 3.54. The zero-order chi connectivity index (χ0) is 10.8. The summed E-state index contributed by atoms with van der Waals surface area (Å²) in [5.74, 6) is 2.53. The van der Waals surface area contributed by atoms with Crippen LogP contribution in [-0.2, 0) is 6.42 Å². The van der Waals surface area contributed by atoms with E-state index in [-0.39, 0.29) is 0 Å². The zero-order valence-electron chi connectivity index (χ0n) is 9.54. The molecule has 15 heavy (non-hydrogen) atoms. The summed E-state index contributed by atoms with van der Waals surface area (Å²) in [6, 6.07) is 10.7. The quantitative estimate of drug-likeness (QED) is 0.680. The Balaban J connectivity index is 1.93. The molecule has 84 valence electrons. The van der Waals surface area contributed by atoms with E-state index >= 15 is 0 Å². The first-order valence-electron chi connectivity index (χ1n) is 5.76. The highest BCUT2D eigenvalue weighted by Crippen LogP contribution is 2.00. The molecule has 1 N–H and O–H groups in total. The summed E-state index contributed by atoms with van der Waals surface area (Å²) in [5.41, 5.74) is 1.42. The van der Waals surface area contributed by atoms with Crippen molar-refractivity contribution >= 4 is 11.8 Å². The molecule has 1 nitrogen and oxygen atoms in total. The summed E-state index contributed by atoms with van der Waals surface area (Å²) in [6.07, 6.45) is 2.43. The van der Waals surface area contributed by atoms with E-state index in [2.05, 4.69) is 42.6 Å². The van der Waals surface area contributed by atoms with Crippen LogP contribution in [0.5, 0.6) is 0 Å². The van der Waals surface area contributed by atoms with Gasteiger partial charge in [0.05, 0.1) is 0 Å². The lowest BCUT2D eigenvalue weighted by atomic mass is 10.1. The van der Waals surface area contributed by atoms with E-state index in [1.54, 1.807) is 0 Å². The first-order chi connectivity index (χ1) is 7.43. The summed E-state index contributed by atoms with van der Waals surface area (Å²) >= 11 is 2.02. The molecule has 1 aromatic carbocycles. The van der Waals surface area contributed by atoms with Crippen LogP contribution in [0.2, 0.25) is 0 Å². The van der Waals surface area contributed by atoms with Gasteiger partial charge in [-0.1, -0.05) is 37.3 Å². The van der Waals surface area contributed by atoms with Crippen molar-refractivity contribution in [2.45, 2.75) is 19.8 Å². The number of thioether (sulfide) groups is 1. The van der Waals surface area contributed by atoms with Crippen molar-refractivity contribution in [3.8, 4) is 0 Å². The van der Waals surface area contributed by atoms with E-state index in [1.807, 2.05) is 11.8 Å². The highest BCUT2D eigenvalue weighted by molar-refractivity contribution is 7.99. The fourth-order valence-electron chi connectivity index (χ4n) is 1.45. The summed E-state index contributed by atoms with van der Waals surface area (Å²) in [6.45, 7) is 4.47. The van der Waals surface area contributed by atoms with E-state index in [1.165, 1.54) is 23.5 Å². The predicted octanol–water partition coefficient (Wildman–Crippen LogP) is 2.96. The lowest BCUT2D eigenvalue weighted by Crippen LogP contribution is -2.18. The molecule has 0 saturated heterocycles. The van der Waals surface area contributed by atoms with Gasteiger partial charge in [-0.2, -0.15) is 11.8 Å². The van der Waals surface area contributed by atoms with Gasteiger partial charge in [-0.3, -0.25) is 0 Å². The molecule has 0 aromatic heterocycles. The molecule has 0 radical (unpaired) electrons. The molecule has 0 amide bonds. The molecule has 0 bridgehead atoms. The third kappa shape index (κ3) is 6.58. The molecule has 0 saturated carbocycles. The minimum Gasteiger partial charge on any atom is -0.316 e. The third-order valence-corrected chi connectivity index (χ3v) is 3.27. The van der Waals surface area contributed by atoms with Crippen LogP contribution in [0.25, 0.3) is 0 Å². The molecule has 2 heteroatoms. The lowest BCUT2D eigenvalue weighted by Gasteiger charge is -2.04. The van der Waals surface area contributed by atoms with Gasteiger partial charge in [0.1, 0.15) is 0 Å². The third-order valence-electron chi connectivity index (χ3n) is 2.28. The Labute approximate surface area is 97.7 Å². The maximum absolute atomic E-state index is 3.48. The largest absolute Gasteiger partial charge is 0.316 e. The van der Waals surface area contributed by atoms with Crippen LogP contribution in [0.4, 0.5) is 0 Å². The van der Waals surface area contributed by atoms with Crippen molar-refractivity contribution in [3.63, 3.8) is 0 Å². The smallest absolute Gasteiger partial charge is 0.000835 e. The predicted molar refractivity (Wildman–Crippen MR) is 70.6 cm³/mol. The molecule has 1 aromatic rings. The molecule has 0 aliphatic heterocycles. The number of benzene rings is 1. The number of hydrogen-bond donors (Lipinski definition) is 1. The Kier molecular flexibility index (Phi) is 7.40. The van der Waals surface area contributed by atoms with Crippen molar-refractivity contribution in [2.24, 2.45) is 0 Å². The Morgan fingerprint density at radius 2 is 1.93 bits per heavy atom. The molecule has 0 aliphatic rings. The zero-order valence-corrected chi connectivity index (χ0v) is 10.4. The number of nitrogens with one attached hydrogen (secondary N) is 1. The SMILES string of the molecule is CCSCCCNCCc1ccccc1. The van der Waals surface area contributed by atoms with Crippen LogP contribution in [-0.4, -0.2) is 24.6 Å². The molecule has 0 aliphatic carbocycles. The molecular formula is C13H21NS. The molecule has 0 heterocycles. The first-order valence-corrected chi connectivity index (χ1v) is 6.91. The highest BCUT2D eigenvalue weighted by Gasteiger charge is 1.91. The molecule has 0 spiro atoms. The summed E-state index contributed by atoms with van der Waals surface area (Å²) in [4.78, 5) is 0. The Bertz CT molecular complexity index is 236. The van der Waals surface area contributed by atoms with Crippen molar-refractivity contribution in [1.82, 2.24) is 5.32 Å². The topological polar surface area (TPSA) is 12.0 Å². The minimum absolute atomic E-state index is 1.10. The lowest BCUT2D eigenvalue weighted by molar-refractivity contribution is 0.674. The maximum atomic E-state index is 3.48. The van der Waals surface area contributed by atoms with Gasteiger partial charge in [-0.25, -0.2) is 0 Å². The van der Waals surface area contributed by atoms with Crippen LogP contribution in [0.15, 0.2) is 30.3 Å². The van der Waals surface area contributed by atoms with Gasteiger partial charge in [0.25, 0.3) is 0 Å². The van der Waals surface area contributed by atoms with Gasteiger partial charge in [-0.05, 0) is 43.0 Å². The minimum atomic E-state index is 1.10. The van der Waals surface area contributed by atoms with Gasteiger partial charge in [0.2, 0.25) is 0 Å². The summed E-state index contributed by atoms with van der Waals surface area (Å²) in [7, 11) is 0. The van der Waals surface area contributed by atoms with Gasteiger partial charge in [-0.15, -0.1) is 0 Å². The van der Waals surface area contributed by atoms with Crippen molar-refractivity contribution in [3.05, 3.63) is 35.9 Å². The average molecular weight is 223 g/mol. The van der Waals surface area contributed by atoms with E-state index in [9.17, 15) is 0 Å². The van der Waals surface area contributed by atoms with Crippen molar-refractivity contribution < 1.29 is 0 Å². The second-order valence-corrected chi connectivity index (χ2v) is 4.93. The fraction of sp³-hybridized carbons (Fsp3) is 0.538. The first kappa shape index (κ1) is 12.6. The van der Waals surface area contributed by atoms with Gasteiger partial charge in [0.15, 0.2) is 0 Å². The van der Waals surface area contributed by atoms with Crippen LogP contribution < -0.4 is 5.32 Å². The van der Waals surface area contributed by atoms with Crippen LogP contribution in [0, 0.1) is 0 Å². The van der Waals surface area contributed by atoms with Crippen LogP contribution >= 0.6 is 11.8 Å². The van der Waals surface area contributed by atoms with E-state index in [4.69, 9.17) is 0 Å². The summed E-state index contributed by atoms with van der Waals surface area (Å²) < 4.78 is 0. The monoisotopic (exact) mass is 223 g/mol. The van der Waals surface area contributed by atoms with Gasteiger partial charge < -0.3 is 5.32 Å². The number of rotatable bonds is 8. The molecule has 0 fully saturated rings. The van der Waals surface area contributed by atoms with Crippen LogP contribution in [0.1, 0.15) is 18.9 Å². The Morgan fingerprint density at radius 3 is 2.67 bits per heavy atom. The van der Waals surface area contributed by atoms with E-state index in [0.717, 1.165) is 19.5 Å². The Morgan fingerprint density at radius 1 is 1.13 bits per heavy atom. The van der Waals surface area contributed by atoms with E-state index < -0.39 is 0 Å². The van der Waals surface area contributed by atoms with Crippen LogP contribution in [0.3, 0.4) is 0 Å². The standard InChI is InChI=1S/C13H21NS/c1-2-15-12-6-10-14-11-9-13-7-4-3-5-8-13/h3-5,7-8,14H,2,6,9-12H2,1H3. The maximum Gasteiger partial charge on any atom is -0.000835 e. The molecular weight excluding hydrogens is 202 g/mol. The molecule has 0 atom stereocenters. The second kappa shape index (κ2) is 8.81.